The highest BCUT2D eigenvalue weighted by Crippen LogP contribution is 2.23. The van der Waals surface area contributed by atoms with Crippen molar-refractivity contribution in [1.82, 2.24) is 4.31 Å². The average Bonchev–Trinajstić information content (AvgIpc) is 2.15. The Morgan fingerprint density at radius 1 is 1.35 bits per heavy atom. The van der Waals surface area contributed by atoms with E-state index in [-0.39, 0.29) is 10.8 Å². The highest BCUT2D eigenvalue weighted by atomic mass is 32.2. The lowest BCUT2D eigenvalue weighted by molar-refractivity contribution is 0.417. The number of anilines is 1. The van der Waals surface area contributed by atoms with Crippen molar-refractivity contribution in [2.45, 2.75) is 25.7 Å². The number of rotatable bonds is 4. The molecule has 0 heterocycles. The zero-order valence-electron chi connectivity index (χ0n) is 10.8. The summed E-state index contributed by atoms with van der Waals surface area (Å²) in [5.74, 6) is 0.279. The molecule has 4 nitrogen and oxygen atoms in total. The number of aryl methyl sites for hydroxylation is 1. The van der Waals surface area contributed by atoms with Gasteiger partial charge in [-0.3, -0.25) is 0 Å². The Morgan fingerprint density at radius 2 is 1.94 bits per heavy atom. The number of nitrogens with two attached hydrogens (primary N) is 1. The molecular formula is C12H20N2O2S. The van der Waals surface area contributed by atoms with Gasteiger partial charge in [0, 0.05) is 13.6 Å². The number of sulfonamides is 1. The van der Waals surface area contributed by atoms with Crippen molar-refractivity contribution >= 4 is 15.7 Å². The van der Waals surface area contributed by atoms with E-state index in [2.05, 4.69) is 0 Å². The molecule has 0 aliphatic carbocycles. The quantitative estimate of drug-likeness (QED) is 0.836. The predicted molar refractivity (Wildman–Crippen MR) is 70.2 cm³/mol. The molecule has 17 heavy (non-hydrogen) atoms. The summed E-state index contributed by atoms with van der Waals surface area (Å²) in [6.07, 6.45) is 0. The lowest BCUT2D eigenvalue weighted by atomic mass is 10.2. The van der Waals surface area contributed by atoms with Crippen molar-refractivity contribution < 1.29 is 8.42 Å². The van der Waals surface area contributed by atoms with Crippen LogP contribution in [0.1, 0.15) is 19.4 Å². The minimum Gasteiger partial charge on any atom is -0.398 e. The fourth-order valence-corrected chi connectivity index (χ4v) is 3.11. The molecule has 0 bridgehead atoms. The number of nitrogen functional groups attached to an aromatic ring is 1. The molecular weight excluding hydrogens is 236 g/mol. The van der Waals surface area contributed by atoms with Crippen molar-refractivity contribution in [3.8, 4) is 0 Å². The van der Waals surface area contributed by atoms with Crippen LogP contribution >= 0.6 is 0 Å². The zero-order chi connectivity index (χ0) is 13.2. The summed E-state index contributed by atoms with van der Waals surface area (Å²) in [5, 5.41) is 0. The summed E-state index contributed by atoms with van der Waals surface area (Å²) in [4.78, 5) is 0.186. The van der Waals surface area contributed by atoms with E-state index >= 15 is 0 Å². The van der Waals surface area contributed by atoms with Gasteiger partial charge in [0.1, 0.15) is 4.90 Å². The van der Waals surface area contributed by atoms with Crippen molar-refractivity contribution in [3.05, 3.63) is 23.8 Å². The van der Waals surface area contributed by atoms with E-state index in [0.717, 1.165) is 5.56 Å². The molecule has 0 amide bonds. The molecule has 0 aliphatic heterocycles. The predicted octanol–water partition coefficient (Wildman–Crippen LogP) is 1.85. The molecule has 96 valence electrons. The van der Waals surface area contributed by atoms with Gasteiger partial charge >= 0.3 is 0 Å². The summed E-state index contributed by atoms with van der Waals surface area (Å²) in [6.45, 7) is 6.31. The SMILES string of the molecule is Cc1ccc(S(=O)(=O)N(C)CC(C)C)c(N)c1. The Labute approximate surface area is 103 Å². The van der Waals surface area contributed by atoms with Gasteiger partial charge in [-0.15, -0.1) is 0 Å². The lowest BCUT2D eigenvalue weighted by Crippen LogP contribution is -2.30. The first kappa shape index (κ1) is 14.0. The molecule has 0 atom stereocenters. The second kappa shape index (κ2) is 5.06. The maximum atomic E-state index is 12.2. The van der Waals surface area contributed by atoms with Crippen molar-refractivity contribution in [3.63, 3.8) is 0 Å². The number of benzene rings is 1. The van der Waals surface area contributed by atoms with Gasteiger partial charge in [0.15, 0.2) is 0 Å². The third-order valence-corrected chi connectivity index (χ3v) is 4.37. The van der Waals surface area contributed by atoms with Gasteiger partial charge in [-0.2, -0.15) is 0 Å². The molecule has 0 aliphatic rings. The molecule has 1 rings (SSSR count). The van der Waals surface area contributed by atoms with Gasteiger partial charge in [-0.05, 0) is 30.5 Å². The van der Waals surface area contributed by atoms with Gasteiger partial charge < -0.3 is 5.73 Å². The first-order valence-electron chi connectivity index (χ1n) is 5.57. The first-order valence-corrected chi connectivity index (χ1v) is 7.01. The van der Waals surface area contributed by atoms with Gasteiger partial charge in [0.05, 0.1) is 5.69 Å². The maximum absolute atomic E-state index is 12.2. The van der Waals surface area contributed by atoms with Gasteiger partial charge in [-0.25, -0.2) is 12.7 Å². The Bertz CT molecular complexity index is 495. The summed E-state index contributed by atoms with van der Waals surface area (Å²) >= 11 is 0. The van der Waals surface area contributed by atoms with Crippen molar-refractivity contribution in [1.29, 1.82) is 0 Å². The highest BCUT2D eigenvalue weighted by Gasteiger charge is 2.23. The Kier molecular flexibility index (Phi) is 4.16. The molecule has 0 unspecified atom stereocenters. The van der Waals surface area contributed by atoms with Crippen LogP contribution < -0.4 is 5.73 Å². The largest absolute Gasteiger partial charge is 0.398 e. The summed E-state index contributed by atoms with van der Waals surface area (Å²) in [7, 11) is -1.90. The van der Waals surface area contributed by atoms with Crippen LogP contribution in [0.15, 0.2) is 23.1 Å². The summed E-state index contributed by atoms with van der Waals surface area (Å²) in [5.41, 5.74) is 7.03. The third-order valence-electron chi connectivity index (χ3n) is 2.48. The molecule has 1 aromatic carbocycles. The third kappa shape index (κ3) is 3.20. The second-order valence-electron chi connectivity index (χ2n) is 4.72. The molecule has 0 saturated heterocycles. The molecule has 0 spiro atoms. The van der Waals surface area contributed by atoms with E-state index in [4.69, 9.17) is 5.73 Å². The van der Waals surface area contributed by atoms with Crippen LogP contribution in [0.2, 0.25) is 0 Å². The number of hydrogen-bond acceptors (Lipinski definition) is 3. The monoisotopic (exact) mass is 256 g/mol. The van der Waals surface area contributed by atoms with E-state index in [1.54, 1.807) is 25.2 Å². The van der Waals surface area contributed by atoms with Crippen LogP contribution in [-0.4, -0.2) is 26.3 Å². The molecule has 1 aromatic rings. The topological polar surface area (TPSA) is 63.4 Å². The van der Waals surface area contributed by atoms with Crippen LogP contribution in [0, 0.1) is 12.8 Å². The molecule has 2 N–H and O–H groups in total. The minimum atomic E-state index is -3.47. The Hall–Kier alpha value is -1.07. The smallest absolute Gasteiger partial charge is 0.244 e. The fourth-order valence-electron chi connectivity index (χ4n) is 1.68. The van der Waals surface area contributed by atoms with Crippen LogP contribution in [0.5, 0.6) is 0 Å². The Balaban J connectivity index is 3.13. The van der Waals surface area contributed by atoms with E-state index in [9.17, 15) is 8.42 Å². The lowest BCUT2D eigenvalue weighted by Gasteiger charge is -2.20. The van der Waals surface area contributed by atoms with Crippen LogP contribution in [-0.2, 0) is 10.0 Å². The number of hydrogen-bond donors (Lipinski definition) is 1. The molecule has 5 heteroatoms. The zero-order valence-corrected chi connectivity index (χ0v) is 11.6. The molecule has 0 fully saturated rings. The van der Waals surface area contributed by atoms with E-state index in [1.165, 1.54) is 4.31 Å². The van der Waals surface area contributed by atoms with Crippen molar-refractivity contribution in [2.24, 2.45) is 5.92 Å². The van der Waals surface area contributed by atoms with Gasteiger partial charge in [0.2, 0.25) is 10.0 Å². The molecule has 0 saturated carbocycles. The van der Waals surface area contributed by atoms with Crippen LogP contribution in [0.4, 0.5) is 5.69 Å². The maximum Gasteiger partial charge on any atom is 0.244 e. The molecule has 0 aromatic heterocycles. The van der Waals surface area contributed by atoms with E-state index < -0.39 is 10.0 Å². The summed E-state index contributed by atoms with van der Waals surface area (Å²) < 4.78 is 25.8. The normalized spacial score (nSPS) is 12.4. The van der Waals surface area contributed by atoms with E-state index in [1.807, 2.05) is 20.8 Å². The number of nitrogens with zero attached hydrogens (tertiary/aromatic N) is 1. The Morgan fingerprint density at radius 3 is 2.41 bits per heavy atom. The highest BCUT2D eigenvalue weighted by molar-refractivity contribution is 7.89. The van der Waals surface area contributed by atoms with Crippen LogP contribution in [0.3, 0.4) is 0 Å². The first-order chi connectivity index (χ1) is 7.75. The minimum absolute atomic E-state index is 0.186. The van der Waals surface area contributed by atoms with Crippen molar-refractivity contribution in [2.75, 3.05) is 19.3 Å². The van der Waals surface area contributed by atoms with Gasteiger partial charge in [0.25, 0.3) is 0 Å². The average molecular weight is 256 g/mol. The second-order valence-corrected chi connectivity index (χ2v) is 6.73. The van der Waals surface area contributed by atoms with Gasteiger partial charge in [-0.1, -0.05) is 19.9 Å². The standard InChI is InChI=1S/C12H20N2O2S/c1-9(2)8-14(4)17(15,16)12-6-5-10(3)7-11(12)13/h5-7,9H,8,13H2,1-4H3. The molecule has 0 radical (unpaired) electrons. The van der Waals surface area contributed by atoms with Crippen LogP contribution in [0.25, 0.3) is 0 Å². The summed E-state index contributed by atoms with van der Waals surface area (Å²) in [6, 6.07) is 5.00. The van der Waals surface area contributed by atoms with E-state index in [0.29, 0.717) is 12.2 Å². The fraction of sp³-hybridized carbons (Fsp3) is 0.500.